The van der Waals surface area contributed by atoms with Crippen LogP contribution in [0.15, 0.2) is 28.7 Å². The summed E-state index contributed by atoms with van der Waals surface area (Å²) in [4.78, 5) is 2.49. The van der Waals surface area contributed by atoms with Crippen molar-refractivity contribution in [3.8, 4) is 0 Å². The van der Waals surface area contributed by atoms with Crippen LogP contribution in [-0.4, -0.2) is 38.4 Å². The third kappa shape index (κ3) is 2.54. The van der Waals surface area contributed by atoms with Gasteiger partial charge in [0.15, 0.2) is 0 Å². The summed E-state index contributed by atoms with van der Waals surface area (Å²) in [6.07, 6.45) is 0. The molecule has 0 atom stereocenters. The minimum atomic E-state index is -0.128. The van der Waals surface area contributed by atoms with Crippen LogP contribution in [0.25, 0.3) is 8.79 Å². The molecule has 2 aromatic rings. The molecule has 1 heterocycles. The summed E-state index contributed by atoms with van der Waals surface area (Å²) < 4.78 is 4.61. The van der Waals surface area contributed by atoms with E-state index in [1.807, 2.05) is 0 Å². The Hall–Kier alpha value is 0.190. The molecule has 3 heteroatoms. The van der Waals surface area contributed by atoms with Crippen LogP contribution < -0.4 is 0 Å². The maximum atomic E-state index is 3.78. The third-order valence-electron chi connectivity index (χ3n) is 2.86. The molecule has 1 aromatic heterocycles. The Balaban J connectivity index is 2.34. The molecular formula is C13H16BrNTe. The fourth-order valence-corrected chi connectivity index (χ4v) is 6.49. The van der Waals surface area contributed by atoms with Crippen molar-refractivity contribution in [3.05, 3.63) is 32.3 Å². The molecule has 0 unspecified atom stereocenters. The maximum absolute atomic E-state index is 3.78. The Morgan fingerprint density at radius 3 is 2.50 bits per heavy atom. The number of nitrogens with zero attached hydrogens (tertiary/aromatic N) is 1. The van der Waals surface area contributed by atoms with Crippen molar-refractivity contribution in [2.24, 2.45) is 0 Å². The van der Waals surface area contributed by atoms with Gasteiger partial charge in [0.1, 0.15) is 0 Å². The van der Waals surface area contributed by atoms with Crippen LogP contribution in [0.4, 0.5) is 0 Å². The zero-order valence-electron chi connectivity index (χ0n) is 9.66. The summed E-state index contributed by atoms with van der Waals surface area (Å²) in [5.74, 6) is 0. The van der Waals surface area contributed by atoms with Crippen LogP contribution in [0, 0.1) is 0 Å². The predicted octanol–water partition coefficient (Wildman–Crippen LogP) is 3.50. The molecule has 2 rings (SSSR count). The molecule has 1 nitrogen and oxygen atoms in total. The molecule has 0 saturated heterocycles. The molecule has 1 aromatic carbocycles. The van der Waals surface area contributed by atoms with Gasteiger partial charge in [-0.2, -0.15) is 0 Å². The third-order valence-corrected chi connectivity index (χ3v) is 7.88. The molecule has 0 aliphatic rings. The van der Waals surface area contributed by atoms with Gasteiger partial charge in [-0.1, -0.05) is 0 Å². The zero-order valence-corrected chi connectivity index (χ0v) is 13.6. The van der Waals surface area contributed by atoms with Crippen LogP contribution in [-0.2, 0) is 6.54 Å². The number of benzene rings is 1. The van der Waals surface area contributed by atoms with Gasteiger partial charge >= 0.3 is 116 Å². The molecule has 0 spiro atoms. The predicted molar refractivity (Wildman–Crippen MR) is 75.2 cm³/mol. The molecular weight excluding hydrogens is 378 g/mol. The summed E-state index contributed by atoms with van der Waals surface area (Å²) in [6, 6.07) is 8.81. The van der Waals surface area contributed by atoms with Gasteiger partial charge in [-0.3, -0.25) is 0 Å². The summed E-state index contributed by atoms with van der Waals surface area (Å²) >= 11 is 3.65. The molecule has 0 bridgehead atoms. The molecule has 0 N–H and O–H groups in total. The van der Waals surface area contributed by atoms with E-state index in [-0.39, 0.29) is 20.4 Å². The summed E-state index contributed by atoms with van der Waals surface area (Å²) in [6.45, 7) is 7.90. The first kappa shape index (κ1) is 12.6. The van der Waals surface area contributed by atoms with Crippen LogP contribution in [0.5, 0.6) is 0 Å². The van der Waals surface area contributed by atoms with Crippen molar-refractivity contribution in [1.29, 1.82) is 0 Å². The van der Waals surface area contributed by atoms with Crippen molar-refractivity contribution in [2.75, 3.05) is 13.1 Å². The Bertz CT molecular complexity index is 474. The standard InChI is InChI=1S/C13H16BrNTe/c1-3-15(4-2)9-12-13(14)10-7-5-6-8-11(10)16-12/h5-8H,3-4,9H2,1-2H3. The van der Waals surface area contributed by atoms with Crippen molar-refractivity contribution >= 4 is 45.1 Å². The van der Waals surface area contributed by atoms with Gasteiger partial charge < -0.3 is 0 Å². The summed E-state index contributed by atoms with van der Waals surface area (Å²) in [5.41, 5.74) is 0. The molecule has 16 heavy (non-hydrogen) atoms. The number of hydrogen-bond donors (Lipinski definition) is 0. The summed E-state index contributed by atoms with van der Waals surface area (Å²) in [5, 5.41) is 1.44. The first-order valence-corrected chi connectivity index (χ1v) is 8.76. The van der Waals surface area contributed by atoms with Gasteiger partial charge in [-0.05, 0) is 0 Å². The Morgan fingerprint density at radius 2 is 1.88 bits per heavy atom. The zero-order chi connectivity index (χ0) is 11.5. The summed E-state index contributed by atoms with van der Waals surface area (Å²) in [7, 11) is 0. The fourth-order valence-electron chi connectivity index (χ4n) is 1.82. The van der Waals surface area contributed by atoms with Crippen LogP contribution in [0.2, 0.25) is 0 Å². The Labute approximate surface area is 115 Å². The van der Waals surface area contributed by atoms with E-state index in [0.717, 1.165) is 19.6 Å². The van der Waals surface area contributed by atoms with E-state index in [0.29, 0.717) is 0 Å². The number of rotatable bonds is 4. The van der Waals surface area contributed by atoms with Gasteiger partial charge in [-0.15, -0.1) is 0 Å². The van der Waals surface area contributed by atoms with E-state index >= 15 is 0 Å². The second-order valence-electron chi connectivity index (χ2n) is 3.80. The van der Waals surface area contributed by atoms with Gasteiger partial charge in [0.25, 0.3) is 0 Å². The van der Waals surface area contributed by atoms with Crippen LogP contribution >= 0.6 is 15.9 Å². The molecule has 0 saturated carbocycles. The van der Waals surface area contributed by atoms with Crippen LogP contribution in [0.1, 0.15) is 17.4 Å². The molecule has 0 amide bonds. The number of fused-ring (bicyclic) bond motifs is 1. The van der Waals surface area contributed by atoms with Gasteiger partial charge in [0.2, 0.25) is 0 Å². The second kappa shape index (κ2) is 5.69. The SMILES string of the molecule is CCN(CC)Cc1[te]c2ccccc2c1Br. The average Bonchev–Trinajstić information content (AvgIpc) is 2.64. The van der Waals surface area contributed by atoms with E-state index < -0.39 is 0 Å². The van der Waals surface area contributed by atoms with E-state index in [2.05, 4.69) is 58.9 Å². The van der Waals surface area contributed by atoms with E-state index in [4.69, 9.17) is 0 Å². The average molecular weight is 394 g/mol. The molecule has 86 valence electrons. The molecule has 0 radical (unpaired) electrons. The molecule has 0 fully saturated rings. The number of hydrogen-bond acceptors (Lipinski definition) is 1. The Kier molecular flexibility index (Phi) is 4.49. The first-order valence-electron chi connectivity index (χ1n) is 5.64. The molecule has 0 aliphatic heterocycles. The van der Waals surface area contributed by atoms with Crippen molar-refractivity contribution in [1.82, 2.24) is 4.90 Å². The van der Waals surface area contributed by atoms with Gasteiger partial charge in [0, 0.05) is 0 Å². The minimum absolute atomic E-state index is 0.128. The van der Waals surface area contributed by atoms with E-state index in [1.165, 1.54) is 9.86 Å². The van der Waals surface area contributed by atoms with Gasteiger partial charge in [0.05, 0.1) is 0 Å². The monoisotopic (exact) mass is 395 g/mol. The van der Waals surface area contributed by atoms with Crippen molar-refractivity contribution in [3.63, 3.8) is 0 Å². The molecule has 0 aliphatic carbocycles. The van der Waals surface area contributed by atoms with E-state index in [9.17, 15) is 0 Å². The number of halogens is 1. The first-order chi connectivity index (χ1) is 7.76. The fraction of sp³-hybridized carbons (Fsp3) is 0.385. The quantitative estimate of drug-likeness (QED) is 0.719. The normalized spacial score (nSPS) is 11.5. The second-order valence-corrected chi connectivity index (χ2v) is 7.83. The topological polar surface area (TPSA) is 3.24 Å². The van der Waals surface area contributed by atoms with E-state index in [1.54, 1.807) is 6.98 Å². The Morgan fingerprint density at radius 1 is 1.19 bits per heavy atom. The van der Waals surface area contributed by atoms with Crippen molar-refractivity contribution < 1.29 is 0 Å². The van der Waals surface area contributed by atoms with Crippen molar-refractivity contribution in [2.45, 2.75) is 20.4 Å². The van der Waals surface area contributed by atoms with Crippen LogP contribution in [0.3, 0.4) is 0 Å². The van der Waals surface area contributed by atoms with Gasteiger partial charge in [-0.25, -0.2) is 0 Å².